The Balaban J connectivity index is 2.31. The molecule has 1 aromatic carbocycles. The predicted molar refractivity (Wildman–Crippen MR) is 78.0 cm³/mol. The van der Waals surface area contributed by atoms with Crippen molar-refractivity contribution in [3.05, 3.63) is 34.9 Å². The molecule has 0 bridgehead atoms. The predicted octanol–water partition coefficient (Wildman–Crippen LogP) is 3.05. The molecule has 0 amide bonds. The van der Waals surface area contributed by atoms with Gasteiger partial charge >= 0.3 is 0 Å². The molecule has 2 rings (SSSR count). The third kappa shape index (κ3) is 2.93. The Morgan fingerprint density at radius 2 is 2.00 bits per heavy atom. The standard InChI is InChI=1S/C16H26N2/c1-12-8-9-13(2)14(11-12)16(18(3)4)15-7-5-6-10-17-15/h8-9,11,15-17H,5-7,10H2,1-4H3. The van der Waals surface area contributed by atoms with Gasteiger partial charge in [0.25, 0.3) is 0 Å². The lowest BCUT2D eigenvalue weighted by Crippen LogP contribution is -2.44. The van der Waals surface area contributed by atoms with Crippen LogP contribution in [0, 0.1) is 13.8 Å². The molecule has 1 heterocycles. The fourth-order valence-corrected chi connectivity index (χ4v) is 3.08. The second-order valence-corrected chi connectivity index (χ2v) is 5.82. The van der Waals surface area contributed by atoms with Crippen molar-refractivity contribution in [2.75, 3.05) is 20.6 Å². The van der Waals surface area contributed by atoms with Crippen LogP contribution in [0.3, 0.4) is 0 Å². The molecule has 1 aromatic rings. The first-order valence-corrected chi connectivity index (χ1v) is 7.06. The molecule has 18 heavy (non-hydrogen) atoms. The molecular weight excluding hydrogens is 220 g/mol. The third-order valence-corrected chi connectivity index (χ3v) is 4.04. The molecule has 2 nitrogen and oxygen atoms in total. The molecule has 0 aromatic heterocycles. The van der Waals surface area contributed by atoms with Crippen molar-refractivity contribution >= 4 is 0 Å². The van der Waals surface area contributed by atoms with Crippen LogP contribution in [0.5, 0.6) is 0 Å². The number of nitrogens with one attached hydrogen (secondary N) is 1. The summed E-state index contributed by atoms with van der Waals surface area (Å²) < 4.78 is 0. The molecule has 0 saturated carbocycles. The monoisotopic (exact) mass is 246 g/mol. The second kappa shape index (κ2) is 5.85. The summed E-state index contributed by atoms with van der Waals surface area (Å²) in [5, 5.41) is 3.70. The molecule has 100 valence electrons. The maximum Gasteiger partial charge on any atom is 0.0498 e. The highest BCUT2D eigenvalue weighted by Gasteiger charge is 2.27. The number of likely N-dealkylation sites (N-methyl/N-ethyl adjacent to an activating group) is 1. The average Bonchev–Trinajstić information content (AvgIpc) is 2.35. The zero-order chi connectivity index (χ0) is 13.1. The van der Waals surface area contributed by atoms with E-state index in [1.165, 1.54) is 42.5 Å². The minimum Gasteiger partial charge on any atom is -0.312 e. The number of aryl methyl sites for hydroxylation is 2. The van der Waals surface area contributed by atoms with Crippen molar-refractivity contribution in [2.24, 2.45) is 0 Å². The van der Waals surface area contributed by atoms with E-state index in [0.717, 1.165) is 0 Å². The molecule has 1 saturated heterocycles. The van der Waals surface area contributed by atoms with Crippen molar-refractivity contribution in [2.45, 2.75) is 45.2 Å². The summed E-state index contributed by atoms with van der Waals surface area (Å²) in [5.74, 6) is 0. The van der Waals surface area contributed by atoms with Gasteiger partial charge in [-0.25, -0.2) is 0 Å². The van der Waals surface area contributed by atoms with Crippen LogP contribution in [-0.4, -0.2) is 31.6 Å². The zero-order valence-electron chi connectivity index (χ0n) is 12.2. The van der Waals surface area contributed by atoms with Crippen LogP contribution < -0.4 is 5.32 Å². The van der Waals surface area contributed by atoms with E-state index in [4.69, 9.17) is 0 Å². The molecule has 0 radical (unpaired) electrons. The molecule has 1 aliphatic rings. The smallest absolute Gasteiger partial charge is 0.0498 e. The second-order valence-electron chi connectivity index (χ2n) is 5.82. The lowest BCUT2D eigenvalue weighted by molar-refractivity contribution is 0.204. The fraction of sp³-hybridized carbons (Fsp3) is 0.625. The van der Waals surface area contributed by atoms with Gasteiger partial charge < -0.3 is 10.2 Å². The molecule has 2 unspecified atom stereocenters. The summed E-state index contributed by atoms with van der Waals surface area (Å²) in [5.41, 5.74) is 4.25. The van der Waals surface area contributed by atoms with Gasteiger partial charge in [-0.3, -0.25) is 0 Å². The molecule has 1 N–H and O–H groups in total. The Kier molecular flexibility index (Phi) is 4.41. The first-order chi connectivity index (χ1) is 8.59. The van der Waals surface area contributed by atoms with Crippen molar-refractivity contribution < 1.29 is 0 Å². The van der Waals surface area contributed by atoms with E-state index < -0.39 is 0 Å². The molecular formula is C16H26N2. The van der Waals surface area contributed by atoms with Gasteiger partial charge in [0.15, 0.2) is 0 Å². The maximum atomic E-state index is 3.70. The van der Waals surface area contributed by atoms with Crippen LogP contribution in [0.4, 0.5) is 0 Å². The van der Waals surface area contributed by atoms with Crippen LogP contribution in [-0.2, 0) is 0 Å². The van der Waals surface area contributed by atoms with Gasteiger partial charge in [0, 0.05) is 12.1 Å². The molecule has 0 aliphatic carbocycles. The first-order valence-electron chi connectivity index (χ1n) is 7.06. The van der Waals surface area contributed by atoms with Gasteiger partial charge in [0.05, 0.1) is 0 Å². The number of hydrogen-bond acceptors (Lipinski definition) is 2. The van der Waals surface area contributed by atoms with Crippen molar-refractivity contribution in [3.8, 4) is 0 Å². The highest BCUT2D eigenvalue weighted by atomic mass is 15.1. The molecule has 2 atom stereocenters. The quantitative estimate of drug-likeness (QED) is 0.882. The van der Waals surface area contributed by atoms with Crippen LogP contribution >= 0.6 is 0 Å². The van der Waals surface area contributed by atoms with E-state index in [9.17, 15) is 0 Å². The Morgan fingerprint density at radius 1 is 1.22 bits per heavy atom. The van der Waals surface area contributed by atoms with Gasteiger partial charge in [-0.15, -0.1) is 0 Å². The SMILES string of the molecule is Cc1ccc(C)c(C(C2CCCCN2)N(C)C)c1. The zero-order valence-corrected chi connectivity index (χ0v) is 12.2. The van der Waals surface area contributed by atoms with Crippen LogP contribution in [0.2, 0.25) is 0 Å². The number of rotatable bonds is 3. The minimum absolute atomic E-state index is 0.491. The summed E-state index contributed by atoms with van der Waals surface area (Å²) in [6.45, 7) is 5.58. The van der Waals surface area contributed by atoms with Crippen molar-refractivity contribution in [1.29, 1.82) is 0 Å². The van der Waals surface area contributed by atoms with E-state index in [1.54, 1.807) is 0 Å². The van der Waals surface area contributed by atoms with Gasteiger partial charge in [-0.1, -0.05) is 30.2 Å². The van der Waals surface area contributed by atoms with Gasteiger partial charge in [-0.05, 0) is 58.5 Å². The Morgan fingerprint density at radius 3 is 2.61 bits per heavy atom. The highest BCUT2D eigenvalue weighted by molar-refractivity contribution is 5.34. The molecule has 2 heteroatoms. The molecule has 0 spiro atoms. The Labute approximate surface area is 111 Å². The number of nitrogens with zero attached hydrogens (tertiary/aromatic N) is 1. The lowest BCUT2D eigenvalue weighted by Gasteiger charge is -2.36. The van der Waals surface area contributed by atoms with Crippen LogP contribution in [0.25, 0.3) is 0 Å². The molecule has 1 aliphatic heterocycles. The van der Waals surface area contributed by atoms with E-state index in [0.29, 0.717) is 12.1 Å². The number of benzene rings is 1. The summed E-state index contributed by atoms with van der Waals surface area (Å²) in [6, 6.07) is 7.90. The lowest BCUT2D eigenvalue weighted by atomic mass is 9.89. The number of hydrogen-bond donors (Lipinski definition) is 1. The Hall–Kier alpha value is -0.860. The normalized spacial score (nSPS) is 22.2. The van der Waals surface area contributed by atoms with Crippen molar-refractivity contribution in [3.63, 3.8) is 0 Å². The van der Waals surface area contributed by atoms with E-state index in [2.05, 4.69) is 56.4 Å². The van der Waals surface area contributed by atoms with E-state index in [-0.39, 0.29) is 0 Å². The van der Waals surface area contributed by atoms with Crippen molar-refractivity contribution in [1.82, 2.24) is 10.2 Å². The first kappa shape index (κ1) is 13.6. The van der Waals surface area contributed by atoms with Crippen LogP contribution in [0.15, 0.2) is 18.2 Å². The Bertz CT molecular complexity index is 392. The summed E-state index contributed by atoms with van der Waals surface area (Å²) in [4.78, 5) is 2.37. The number of piperidine rings is 1. The van der Waals surface area contributed by atoms with Gasteiger partial charge in [0.1, 0.15) is 0 Å². The van der Waals surface area contributed by atoms with E-state index >= 15 is 0 Å². The topological polar surface area (TPSA) is 15.3 Å². The van der Waals surface area contributed by atoms with E-state index in [1.807, 2.05) is 0 Å². The van der Waals surface area contributed by atoms with Gasteiger partial charge in [-0.2, -0.15) is 0 Å². The van der Waals surface area contributed by atoms with Crippen LogP contribution in [0.1, 0.15) is 42.0 Å². The summed E-state index contributed by atoms with van der Waals surface area (Å²) in [6.07, 6.45) is 3.96. The minimum atomic E-state index is 0.491. The fourth-order valence-electron chi connectivity index (χ4n) is 3.08. The highest BCUT2D eigenvalue weighted by Crippen LogP contribution is 2.29. The summed E-state index contributed by atoms with van der Waals surface area (Å²) >= 11 is 0. The molecule has 1 fully saturated rings. The largest absolute Gasteiger partial charge is 0.312 e. The average molecular weight is 246 g/mol. The van der Waals surface area contributed by atoms with Gasteiger partial charge in [0.2, 0.25) is 0 Å². The summed E-state index contributed by atoms with van der Waals surface area (Å²) in [7, 11) is 4.39. The maximum absolute atomic E-state index is 3.70. The third-order valence-electron chi connectivity index (χ3n) is 4.04.